The molecule has 0 spiro atoms. The molecule has 26 heavy (non-hydrogen) atoms. The Kier molecular flexibility index (Phi) is 7.04. The molecule has 1 atom stereocenters. The molecule has 0 bridgehead atoms. The highest BCUT2D eigenvalue weighted by Crippen LogP contribution is 2.14. The fraction of sp³-hybridized carbons (Fsp3) is 0.381. The van der Waals surface area contributed by atoms with Crippen LogP contribution in [0.25, 0.3) is 0 Å². The Hall–Kier alpha value is -2.53. The van der Waals surface area contributed by atoms with Crippen molar-refractivity contribution in [2.45, 2.75) is 26.1 Å². The van der Waals surface area contributed by atoms with Crippen LogP contribution in [0.3, 0.4) is 0 Å². The molecular weight excluding hydrogens is 326 g/mol. The van der Waals surface area contributed by atoms with E-state index in [0.717, 1.165) is 17.9 Å². The monoisotopic (exact) mass is 355 g/mol. The second-order valence-corrected chi connectivity index (χ2v) is 6.72. The number of hydrogen-bond donors (Lipinski definition) is 1. The minimum Gasteiger partial charge on any atom is -0.497 e. The third-order valence-corrected chi connectivity index (χ3v) is 4.55. The lowest BCUT2D eigenvalue weighted by molar-refractivity contribution is -0.125. The summed E-state index contributed by atoms with van der Waals surface area (Å²) in [6.07, 6.45) is 0. The molecule has 0 aliphatic carbocycles. The summed E-state index contributed by atoms with van der Waals surface area (Å²) in [4.78, 5) is 16.6. The molecule has 1 amide bonds. The predicted octanol–water partition coefficient (Wildman–Crippen LogP) is 2.90. The maximum Gasteiger partial charge on any atom is 0.237 e. The van der Waals surface area contributed by atoms with Crippen LogP contribution < -0.4 is 15.0 Å². The highest BCUT2D eigenvalue weighted by Gasteiger charge is 2.17. The smallest absolute Gasteiger partial charge is 0.237 e. The lowest BCUT2D eigenvalue weighted by atomic mass is 10.1. The predicted molar refractivity (Wildman–Crippen MR) is 107 cm³/mol. The van der Waals surface area contributed by atoms with E-state index in [1.54, 1.807) is 7.11 Å². The van der Waals surface area contributed by atoms with E-state index in [2.05, 4.69) is 34.5 Å². The largest absolute Gasteiger partial charge is 0.497 e. The number of methoxy groups -OCH3 is 1. The fourth-order valence-electron chi connectivity index (χ4n) is 2.60. The third kappa shape index (κ3) is 5.49. The summed E-state index contributed by atoms with van der Waals surface area (Å²) in [7, 11) is 7.66. The lowest BCUT2D eigenvalue weighted by Gasteiger charge is -2.24. The molecule has 2 rings (SSSR count). The molecule has 5 nitrogen and oxygen atoms in total. The number of benzene rings is 2. The molecule has 0 aliphatic heterocycles. The number of ether oxygens (including phenoxy) is 1. The molecule has 0 heterocycles. The Labute approximate surface area is 156 Å². The Morgan fingerprint density at radius 1 is 1.00 bits per heavy atom. The number of rotatable bonds is 8. The summed E-state index contributed by atoms with van der Waals surface area (Å²) in [5, 5.41) is 3.00. The second-order valence-electron chi connectivity index (χ2n) is 6.72. The van der Waals surface area contributed by atoms with Crippen LogP contribution in [-0.2, 0) is 17.9 Å². The maximum absolute atomic E-state index is 12.4. The highest BCUT2D eigenvalue weighted by atomic mass is 16.5. The van der Waals surface area contributed by atoms with Gasteiger partial charge in [-0.25, -0.2) is 0 Å². The van der Waals surface area contributed by atoms with Gasteiger partial charge in [0.05, 0.1) is 13.2 Å². The van der Waals surface area contributed by atoms with E-state index in [1.165, 1.54) is 11.3 Å². The summed E-state index contributed by atoms with van der Waals surface area (Å²) in [5.74, 6) is 0.835. The summed E-state index contributed by atoms with van der Waals surface area (Å²) in [6.45, 7) is 3.17. The molecule has 1 N–H and O–H groups in total. The first-order chi connectivity index (χ1) is 12.4. The molecule has 0 fully saturated rings. The van der Waals surface area contributed by atoms with Crippen LogP contribution in [0.1, 0.15) is 18.1 Å². The van der Waals surface area contributed by atoms with Gasteiger partial charge >= 0.3 is 0 Å². The minimum absolute atomic E-state index is 0.0215. The number of amides is 1. The molecule has 0 saturated heterocycles. The van der Waals surface area contributed by atoms with E-state index in [1.807, 2.05) is 57.2 Å². The van der Waals surface area contributed by atoms with Gasteiger partial charge in [0, 0.05) is 32.9 Å². The van der Waals surface area contributed by atoms with Crippen LogP contribution in [0.5, 0.6) is 5.75 Å². The first-order valence-corrected chi connectivity index (χ1v) is 8.78. The Balaban J connectivity index is 1.85. The zero-order valence-corrected chi connectivity index (χ0v) is 16.3. The van der Waals surface area contributed by atoms with Crippen molar-refractivity contribution in [1.29, 1.82) is 0 Å². The van der Waals surface area contributed by atoms with Crippen molar-refractivity contribution in [3.05, 3.63) is 59.7 Å². The van der Waals surface area contributed by atoms with Crippen molar-refractivity contribution >= 4 is 11.6 Å². The first-order valence-electron chi connectivity index (χ1n) is 8.78. The maximum atomic E-state index is 12.4. The van der Waals surface area contributed by atoms with Crippen molar-refractivity contribution in [3.8, 4) is 5.75 Å². The molecule has 2 aromatic carbocycles. The van der Waals surface area contributed by atoms with Gasteiger partial charge in [-0.15, -0.1) is 0 Å². The summed E-state index contributed by atoms with van der Waals surface area (Å²) < 4.78 is 5.14. The van der Waals surface area contributed by atoms with Crippen LogP contribution in [-0.4, -0.2) is 45.1 Å². The number of carbonyl (C=O) groups is 1. The fourth-order valence-corrected chi connectivity index (χ4v) is 2.60. The Morgan fingerprint density at radius 3 is 2.12 bits per heavy atom. The standard InChI is InChI=1S/C21H29N3O2/c1-16(21(25)22-14-17-8-12-20(26-5)13-9-17)24(4)15-18-6-10-19(11-7-18)23(2)3/h6-13,16H,14-15H2,1-5H3,(H,22,25)/t16-/m1/s1. The van der Waals surface area contributed by atoms with Crippen LogP contribution in [0.4, 0.5) is 5.69 Å². The quantitative estimate of drug-likeness (QED) is 0.791. The lowest BCUT2D eigenvalue weighted by Crippen LogP contribution is -2.42. The SMILES string of the molecule is COc1ccc(CNC(=O)[C@@H](C)N(C)Cc2ccc(N(C)C)cc2)cc1. The summed E-state index contributed by atoms with van der Waals surface area (Å²) >= 11 is 0. The van der Waals surface area contributed by atoms with Gasteiger partial charge in [-0.2, -0.15) is 0 Å². The van der Waals surface area contributed by atoms with Crippen LogP contribution >= 0.6 is 0 Å². The molecular formula is C21H29N3O2. The van der Waals surface area contributed by atoms with Gasteiger partial charge in [0.15, 0.2) is 0 Å². The number of hydrogen-bond acceptors (Lipinski definition) is 4. The molecule has 0 saturated carbocycles. The molecule has 0 aromatic heterocycles. The molecule has 0 unspecified atom stereocenters. The van der Waals surface area contributed by atoms with Gasteiger partial charge in [-0.05, 0) is 49.4 Å². The Morgan fingerprint density at radius 2 is 1.58 bits per heavy atom. The van der Waals surface area contributed by atoms with Crippen molar-refractivity contribution in [1.82, 2.24) is 10.2 Å². The number of nitrogens with zero attached hydrogens (tertiary/aromatic N) is 2. The minimum atomic E-state index is -0.207. The molecule has 0 aliphatic rings. The van der Waals surface area contributed by atoms with Gasteiger partial charge in [0.25, 0.3) is 0 Å². The van der Waals surface area contributed by atoms with Crippen molar-refractivity contribution in [3.63, 3.8) is 0 Å². The number of nitrogens with one attached hydrogen (secondary N) is 1. The van der Waals surface area contributed by atoms with E-state index in [4.69, 9.17) is 4.74 Å². The van der Waals surface area contributed by atoms with Crippen LogP contribution in [0.2, 0.25) is 0 Å². The summed E-state index contributed by atoms with van der Waals surface area (Å²) in [5.41, 5.74) is 3.41. The van der Waals surface area contributed by atoms with Crippen molar-refractivity contribution in [2.24, 2.45) is 0 Å². The molecule has 140 valence electrons. The average Bonchev–Trinajstić information content (AvgIpc) is 2.66. The van der Waals surface area contributed by atoms with Gasteiger partial charge in [0.2, 0.25) is 5.91 Å². The summed E-state index contributed by atoms with van der Waals surface area (Å²) in [6, 6.07) is 15.9. The van der Waals surface area contributed by atoms with E-state index in [0.29, 0.717) is 6.54 Å². The number of likely N-dealkylation sites (N-methyl/N-ethyl adjacent to an activating group) is 1. The van der Waals surface area contributed by atoms with E-state index in [9.17, 15) is 4.79 Å². The normalized spacial score (nSPS) is 11.9. The number of carbonyl (C=O) groups excluding carboxylic acids is 1. The van der Waals surface area contributed by atoms with Gasteiger partial charge in [-0.1, -0.05) is 24.3 Å². The zero-order valence-electron chi connectivity index (χ0n) is 16.3. The average molecular weight is 355 g/mol. The van der Waals surface area contributed by atoms with Gasteiger partial charge in [0.1, 0.15) is 5.75 Å². The van der Waals surface area contributed by atoms with Crippen molar-refractivity contribution < 1.29 is 9.53 Å². The van der Waals surface area contributed by atoms with E-state index < -0.39 is 0 Å². The molecule has 5 heteroatoms. The van der Waals surface area contributed by atoms with Crippen LogP contribution in [0.15, 0.2) is 48.5 Å². The van der Waals surface area contributed by atoms with Crippen molar-refractivity contribution in [2.75, 3.05) is 33.2 Å². The van der Waals surface area contributed by atoms with E-state index in [-0.39, 0.29) is 11.9 Å². The van der Waals surface area contributed by atoms with Gasteiger partial charge < -0.3 is 15.0 Å². The third-order valence-electron chi connectivity index (χ3n) is 4.55. The van der Waals surface area contributed by atoms with Gasteiger partial charge in [-0.3, -0.25) is 9.69 Å². The zero-order chi connectivity index (χ0) is 19.1. The topological polar surface area (TPSA) is 44.8 Å². The Bertz CT molecular complexity index is 696. The number of anilines is 1. The second kappa shape index (κ2) is 9.25. The molecule has 0 radical (unpaired) electrons. The molecule has 2 aromatic rings. The van der Waals surface area contributed by atoms with Crippen LogP contribution in [0, 0.1) is 0 Å². The first kappa shape index (κ1) is 19.8. The highest BCUT2D eigenvalue weighted by molar-refractivity contribution is 5.81. The van der Waals surface area contributed by atoms with E-state index >= 15 is 0 Å².